The number of alkyl halides is 1. The van der Waals surface area contributed by atoms with E-state index in [4.69, 9.17) is 15.6 Å². The van der Waals surface area contributed by atoms with Gasteiger partial charge in [-0.2, -0.15) is 5.10 Å². The molecule has 0 aliphatic carbocycles. The van der Waals surface area contributed by atoms with Gasteiger partial charge in [0.05, 0.1) is 11.4 Å². The average Bonchev–Trinajstić information content (AvgIpc) is 3.16. The number of ether oxygens (including phenoxy) is 1. The molecule has 152 valence electrons. The van der Waals surface area contributed by atoms with Crippen LogP contribution in [0.4, 0.5) is 10.2 Å². The largest absolute Gasteiger partial charge is 0.457 e. The van der Waals surface area contributed by atoms with Crippen LogP contribution in [0.15, 0.2) is 60.9 Å². The van der Waals surface area contributed by atoms with Crippen molar-refractivity contribution < 1.29 is 9.13 Å². The first-order valence-electron chi connectivity index (χ1n) is 9.87. The molecule has 3 N–H and O–H groups in total. The number of hydrogen-bond donors (Lipinski definition) is 2. The van der Waals surface area contributed by atoms with Gasteiger partial charge in [-0.25, -0.2) is 19.0 Å². The fourth-order valence-corrected chi connectivity index (χ4v) is 3.82. The number of piperidine rings is 1. The number of nitrogens with one attached hydrogen (secondary N) is 1. The number of rotatable bonds is 4. The van der Waals surface area contributed by atoms with Crippen molar-refractivity contribution in [2.45, 2.75) is 18.6 Å². The van der Waals surface area contributed by atoms with E-state index in [2.05, 4.69) is 15.3 Å². The maximum Gasteiger partial charge on any atom is 0.164 e. The molecule has 5 rings (SSSR count). The number of anilines is 1. The molecule has 0 radical (unpaired) electrons. The molecular formula is C22H21FN6O. The molecule has 0 amide bonds. The second-order valence-corrected chi connectivity index (χ2v) is 7.27. The highest BCUT2D eigenvalue weighted by Gasteiger charge is 2.30. The van der Waals surface area contributed by atoms with Crippen molar-refractivity contribution in [2.75, 3.05) is 18.8 Å². The number of hydrogen-bond acceptors (Lipinski definition) is 6. The van der Waals surface area contributed by atoms with Gasteiger partial charge in [-0.1, -0.05) is 18.2 Å². The molecule has 1 aliphatic rings. The number of nitrogens with two attached hydrogens (primary N) is 1. The Morgan fingerprint density at radius 2 is 1.80 bits per heavy atom. The van der Waals surface area contributed by atoms with Crippen LogP contribution in [0.5, 0.6) is 11.5 Å². The average molecular weight is 404 g/mol. The van der Waals surface area contributed by atoms with Crippen LogP contribution in [0.2, 0.25) is 0 Å². The van der Waals surface area contributed by atoms with Crippen molar-refractivity contribution in [3.05, 3.63) is 60.9 Å². The summed E-state index contributed by atoms with van der Waals surface area (Å²) in [6.45, 7) is 1.03. The Kier molecular flexibility index (Phi) is 4.76. The molecule has 0 spiro atoms. The Morgan fingerprint density at radius 3 is 2.57 bits per heavy atom. The van der Waals surface area contributed by atoms with Crippen LogP contribution in [-0.2, 0) is 0 Å². The van der Waals surface area contributed by atoms with E-state index in [1.807, 2.05) is 54.6 Å². The first-order valence-corrected chi connectivity index (χ1v) is 9.87. The zero-order chi connectivity index (χ0) is 20.5. The number of aromatic nitrogens is 4. The summed E-state index contributed by atoms with van der Waals surface area (Å²) in [6.07, 6.45) is 0.975. The molecule has 30 heavy (non-hydrogen) atoms. The SMILES string of the molecule is Nc1ncnc2c1c(-c1ccc(Oc3ccccc3)cc1)nn2C1CCNC[C@@H]1F. The van der Waals surface area contributed by atoms with E-state index in [0.29, 0.717) is 41.3 Å². The smallest absolute Gasteiger partial charge is 0.164 e. The molecule has 4 aromatic rings. The lowest BCUT2D eigenvalue weighted by molar-refractivity contribution is 0.176. The second kappa shape index (κ2) is 7.72. The number of halogens is 1. The topological polar surface area (TPSA) is 90.9 Å². The Hall–Kier alpha value is -3.52. The van der Waals surface area contributed by atoms with Crippen molar-refractivity contribution in [2.24, 2.45) is 0 Å². The molecule has 2 aromatic heterocycles. The number of para-hydroxylation sites is 1. The van der Waals surface area contributed by atoms with Crippen LogP contribution in [0.1, 0.15) is 12.5 Å². The highest BCUT2D eigenvalue weighted by atomic mass is 19.1. The van der Waals surface area contributed by atoms with E-state index in [1.165, 1.54) is 6.33 Å². The van der Waals surface area contributed by atoms with E-state index in [-0.39, 0.29) is 0 Å². The zero-order valence-corrected chi connectivity index (χ0v) is 16.2. The minimum absolute atomic E-state index is 0.299. The Balaban J connectivity index is 1.54. The number of fused-ring (bicyclic) bond motifs is 1. The Morgan fingerprint density at radius 1 is 1.03 bits per heavy atom. The van der Waals surface area contributed by atoms with Crippen LogP contribution in [-0.4, -0.2) is 39.0 Å². The van der Waals surface area contributed by atoms with Gasteiger partial charge in [0.2, 0.25) is 0 Å². The summed E-state index contributed by atoms with van der Waals surface area (Å²) in [4.78, 5) is 8.50. The molecule has 1 fully saturated rings. The monoisotopic (exact) mass is 404 g/mol. The van der Waals surface area contributed by atoms with Gasteiger partial charge >= 0.3 is 0 Å². The van der Waals surface area contributed by atoms with E-state index >= 15 is 0 Å². The lowest BCUT2D eigenvalue weighted by Crippen LogP contribution is -2.39. The number of nitrogens with zero attached hydrogens (tertiary/aromatic N) is 4. The third-order valence-corrected chi connectivity index (χ3v) is 5.31. The van der Waals surface area contributed by atoms with Gasteiger partial charge in [-0.15, -0.1) is 0 Å². The molecule has 2 atom stereocenters. The van der Waals surface area contributed by atoms with Crippen molar-refractivity contribution in [1.29, 1.82) is 0 Å². The zero-order valence-electron chi connectivity index (χ0n) is 16.2. The van der Waals surface area contributed by atoms with E-state index in [9.17, 15) is 4.39 Å². The third-order valence-electron chi connectivity index (χ3n) is 5.31. The summed E-state index contributed by atoms with van der Waals surface area (Å²) in [6, 6.07) is 16.7. The first-order chi connectivity index (χ1) is 14.7. The summed E-state index contributed by atoms with van der Waals surface area (Å²) in [5, 5.41) is 8.44. The van der Waals surface area contributed by atoms with E-state index in [1.54, 1.807) is 4.68 Å². The van der Waals surface area contributed by atoms with Crippen molar-refractivity contribution >= 4 is 16.9 Å². The normalized spacial score (nSPS) is 19.1. The van der Waals surface area contributed by atoms with Gasteiger partial charge in [0.15, 0.2) is 5.65 Å². The highest BCUT2D eigenvalue weighted by Crippen LogP contribution is 2.35. The number of benzene rings is 2. The maximum absolute atomic E-state index is 14.6. The summed E-state index contributed by atoms with van der Waals surface area (Å²) >= 11 is 0. The maximum atomic E-state index is 14.6. The molecule has 7 nitrogen and oxygen atoms in total. The van der Waals surface area contributed by atoms with E-state index < -0.39 is 12.2 Å². The molecule has 0 saturated carbocycles. The second-order valence-electron chi connectivity index (χ2n) is 7.27. The van der Waals surface area contributed by atoms with Crippen LogP contribution in [0.3, 0.4) is 0 Å². The predicted octanol–water partition coefficient (Wildman–Crippen LogP) is 3.74. The molecular weight excluding hydrogens is 383 g/mol. The standard InChI is InChI=1S/C22H21FN6O/c23-17-12-25-11-10-18(17)29-22-19(21(24)26-13-27-22)20(28-29)14-6-8-16(9-7-14)30-15-4-2-1-3-5-15/h1-9,13,17-18,25H,10-12H2,(H2,24,26,27)/t17-,18?/m0/s1. The van der Waals surface area contributed by atoms with Crippen LogP contribution in [0.25, 0.3) is 22.3 Å². The van der Waals surface area contributed by atoms with Crippen molar-refractivity contribution in [1.82, 2.24) is 25.1 Å². The van der Waals surface area contributed by atoms with Gasteiger partial charge < -0.3 is 15.8 Å². The third kappa shape index (κ3) is 3.35. The summed E-state index contributed by atoms with van der Waals surface area (Å²) in [5.74, 6) is 1.80. The van der Waals surface area contributed by atoms with Gasteiger partial charge in [-0.05, 0) is 49.4 Å². The molecule has 1 saturated heterocycles. The minimum Gasteiger partial charge on any atom is -0.457 e. The first kappa shape index (κ1) is 18.5. The van der Waals surface area contributed by atoms with Crippen LogP contribution in [0, 0.1) is 0 Å². The predicted molar refractivity (Wildman–Crippen MR) is 113 cm³/mol. The molecule has 0 bridgehead atoms. The molecule has 8 heteroatoms. The Labute approximate surface area is 172 Å². The highest BCUT2D eigenvalue weighted by molar-refractivity contribution is 5.98. The van der Waals surface area contributed by atoms with Crippen molar-refractivity contribution in [3.63, 3.8) is 0 Å². The molecule has 3 heterocycles. The molecule has 1 unspecified atom stereocenters. The van der Waals surface area contributed by atoms with Gasteiger partial charge in [0.25, 0.3) is 0 Å². The molecule has 1 aliphatic heterocycles. The van der Waals surface area contributed by atoms with Crippen LogP contribution >= 0.6 is 0 Å². The Bertz CT molecular complexity index is 1160. The lowest BCUT2D eigenvalue weighted by Gasteiger charge is -2.27. The van der Waals surface area contributed by atoms with Crippen molar-refractivity contribution in [3.8, 4) is 22.8 Å². The fourth-order valence-electron chi connectivity index (χ4n) is 3.82. The van der Waals surface area contributed by atoms with E-state index in [0.717, 1.165) is 17.9 Å². The van der Waals surface area contributed by atoms with Gasteiger partial charge in [-0.3, -0.25) is 0 Å². The van der Waals surface area contributed by atoms with Gasteiger partial charge in [0.1, 0.15) is 35.5 Å². The van der Waals surface area contributed by atoms with Gasteiger partial charge in [0, 0.05) is 12.1 Å². The number of nitrogen functional groups attached to an aromatic ring is 1. The minimum atomic E-state index is -1.05. The quantitative estimate of drug-likeness (QED) is 0.538. The van der Waals surface area contributed by atoms with Crippen LogP contribution < -0.4 is 15.8 Å². The summed E-state index contributed by atoms with van der Waals surface area (Å²) in [5.41, 5.74) is 8.20. The summed E-state index contributed by atoms with van der Waals surface area (Å²) in [7, 11) is 0. The fraction of sp³-hybridized carbons (Fsp3) is 0.227. The molecule has 2 aromatic carbocycles. The lowest BCUT2D eigenvalue weighted by atomic mass is 10.1. The summed E-state index contributed by atoms with van der Waals surface area (Å²) < 4.78 is 22.2.